The number of rotatable bonds is 5. The van der Waals surface area contributed by atoms with E-state index < -0.39 is 5.60 Å². The fourth-order valence-electron chi connectivity index (χ4n) is 2.59. The summed E-state index contributed by atoms with van der Waals surface area (Å²) in [5, 5.41) is 15.9. The SMILES string of the molecule is CCN(CC(C)(C)O)c1ccc2c(c1)NC(=O)C2NC. The lowest BCUT2D eigenvalue weighted by Crippen LogP contribution is -2.38. The molecule has 3 N–H and O–H groups in total. The van der Waals surface area contributed by atoms with Crippen molar-refractivity contribution in [2.45, 2.75) is 32.4 Å². The van der Waals surface area contributed by atoms with Gasteiger partial charge in [-0.1, -0.05) is 6.07 Å². The lowest BCUT2D eigenvalue weighted by Gasteiger charge is -2.30. The number of anilines is 2. The summed E-state index contributed by atoms with van der Waals surface area (Å²) >= 11 is 0. The van der Waals surface area contributed by atoms with E-state index in [4.69, 9.17) is 0 Å². The molecule has 1 heterocycles. The van der Waals surface area contributed by atoms with Gasteiger partial charge in [-0.3, -0.25) is 4.79 Å². The fourth-order valence-corrected chi connectivity index (χ4v) is 2.59. The summed E-state index contributed by atoms with van der Waals surface area (Å²) in [6, 6.07) is 5.67. The topological polar surface area (TPSA) is 64.6 Å². The Kier molecular flexibility index (Phi) is 4.01. The second-order valence-electron chi connectivity index (χ2n) is 5.81. The molecule has 0 spiro atoms. The normalized spacial score (nSPS) is 17.9. The smallest absolute Gasteiger partial charge is 0.246 e. The molecule has 20 heavy (non-hydrogen) atoms. The van der Waals surface area contributed by atoms with Crippen molar-refractivity contribution in [2.75, 3.05) is 30.4 Å². The third-order valence-electron chi connectivity index (χ3n) is 3.48. The highest BCUT2D eigenvalue weighted by atomic mass is 16.3. The molecule has 0 saturated heterocycles. The minimum absolute atomic E-state index is 0.0230. The van der Waals surface area contributed by atoms with Gasteiger partial charge in [-0.25, -0.2) is 0 Å². The van der Waals surface area contributed by atoms with Crippen molar-refractivity contribution in [1.82, 2.24) is 5.32 Å². The zero-order valence-corrected chi connectivity index (χ0v) is 12.5. The summed E-state index contributed by atoms with van der Waals surface area (Å²) in [5.41, 5.74) is 2.07. The first-order valence-electron chi connectivity index (χ1n) is 6.95. The van der Waals surface area contributed by atoms with Crippen molar-refractivity contribution in [3.8, 4) is 0 Å². The first kappa shape index (κ1) is 14.8. The Morgan fingerprint density at radius 1 is 1.45 bits per heavy atom. The summed E-state index contributed by atoms with van der Waals surface area (Å²) in [5.74, 6) is -0.0230. The second kappa shape index (κ2) is 5.42. The number of nitrogens with one attached hydrogen (secondary N) is 2. The van der Waals surface area contributed by atoms with E-state index in [9.17, 15) is 9.90 Å². The highest BCUT2D eigenvalue weighted by Crippen LogP contribution is 2.34. The third kappa shape index (κ3) is 2.94. The molecule has 5 nitrogen and oxygen atoms in total. The van der Waals surface area contributed by atoms with Crippen LogP contribution in [0.15, 0.2) is 18.2 Å². The van der Waals surface area contributed by atoms with Crippen LogP contribution in [-0.2, 0) is 4.79 Å². The predicted octanol–water partition coefficient (Wildman–Crippen LogP) is 1.50. The third-order valence-corrected chi connectivity index (χ3v) is 3.48. The number of carbonyl (C=O) groups is 1. The number of benzene rings is 1. The Morgan fingerprint density at radius 2 is 2.15 bits per heavy atom. The molecule has 5 heteroatoms. The number of amides is 1. The van der Waals surface area contributed by atoms with Crippen LogP contribution in [0.3, 0.4) is 0 Å². The van der Waals surface area contributed by atoms with Crippen molar-refractivity contribution >= 4 is 17.3 Å². The Bertz CT molecular complexity index is 508. The molecule has 1 aromatic carbocycles. The van der Waals surface area contributed by atoms with Crippen LogP contribution in [0.25, 0.3) is 0 Å². The predicted molar refractivity (Wildman–Crippen MR) is 81.1 cm³/mol. The average molecular weight is 277 g/mol. The molecule has 0 fully saturated rings. The van der Waals surface area contributed by atoms with Crippen molar-refractivity contribution in [3.63, 3.8) is 0 Å². The Balaban J connectivity index is 2.28. The quantitative estimate of drug-likeness (QED) is 0.763. The van der Waals surface area contributed by atoms with Crippen molar-refractivity contribution in [2.24, 2.45) is 0 Å². The van der Waals surface area contributed by atoms with E-state index >= 15 is 0 Å². The molecule has 0 radical (unpaired) electrons. The van der Waals surface area contributed by atoms with E-state index in [1.165, 1.54) is 0 Å². The van der Waals surface area contributed by atoms with Crippen LogP contribution in [0.5, 0.6) is 0 Å². The van der Waals surface area contributed by atoms with Crippen LogP contribution in [0, 0.1) is 0 Å². The Labute approximate surface area is 120 Å². The molecule has 0 saturated carbocycles. The van der Waals surface area contributed by atoms with Crippen molar-refractivity contribution in [3.05, 3.63) is 23.8 Å². The molecule has 1 aromatic rings. The van der Waals surface area contributed by atoms with E-state index in [-0.39, 0.29) is 11.9 Å². The van der Waals surface area contributed by atoms with Crippen LogP contribution in [0.2, 0.25) is 0 Å². The van der Waals surface area contributed by atoms with Gasteiger partial charge in [0.15, 0.2) is 0 Å². The first-order valence-corrected chi connectivity index (χ1v) is 6.95. The van der Waals surface area contributed by atoms with Gasteiger partial charge in [0.2, 0.25) is 5.91 Å². The van der Waals surface area contributed by atoms with Crippen LogP contribution >= 0.6 is 0 Å². The number of carbonyl (C=O) groups excluding carboxylic acids is 1. The minimum Gasteiger partial charge on any atom is -0.389 e. The number of fused-ring (bicyclic) bond motifs is 1. The molecule has 0 bridgehead atoms. The molecule has 1 unspecified atom stereocenters. The van der Waals surface area contributed by atoms with Gasteiger partial charge >= 0.3 is 0 Å². The van der Waals surface area contributed by atoms with Crippen molar-refractivity contribution < 1.29 is 9.90 Å². The summed E-state index contributed by atoms with van der Waals surface area (Å²) in [4.78, 5) is 13.9. The minimum atomic E-state index is -0.758. The fraction of sp³-hybridized carbons (Fsp3) is 0.533. The Morgan fingerprint density at radius 3 is 2.70 bits per heavy atom. The summed E-state index contributed by atoms with van der Waals surface area (Å²) < 4.78 is 0. The maximum absolute atomic E-state index is 11.8. The number of hydrogen-bond donors (Lipinski definition) is 3. The summed E-state index contributed by atoms with van der Waals surface area (Å²) in [6.45, 7) is 6.98. The van der Waals surface area contributed by atoms with Gasteiger partial charge in [0.1, 0.15) is 6.04 Å². The van der Waals surface area contributed by atoms with Crippen LogP contribution in [-0.4, -0.2) is 36.8 Å². The van der Waals surface area contributed by atoms with Crippen LogP contribution in [0.4, 0.5) is 11.4 Å². The molecule has 1 aliphatic heterocycles. The van der Waals surface area contributed by atoms with Crippen LogP contribution < -0.4 is 15.5 Å². The maximum Gasteiger partial charge on any atom is 0.246 e. The van der Waals surface area contributed by atoms with Gasteiger partial charge in [-0.2, -0.15) is 0 Å². The standard InChI is InChI=1S/C15H23N3O2/c1-5-18(9-15(2,3)20)10-6-7-11-12(8-10)17-14(19)13(11)16-4/h6-8,13,16,20H,5,9H2,1-4H3,(H,17,19). The van der Waals surface area contributed by atoms with Gasteiger partial charge in [0.25, 0.3) is 0 Å². The zero-order chi connectivity index (χ0) is 14.9. The zero-order valence-electron chi connectivity index (χ0n) is 12.5. The lowest BCUT2D eigenvalue weighted by atomic mass is 10.1. The van der Waals surface area contributed by atoms with Gasteiger partial charge < -0.3 is 20.6 Å². The van der Waals surface area contributed by atoms with E-state index in [1.54, 1.807) is 20.9 Å². The largest absolute Gasteiger partial charge is 0.389 e. The van der Waals surface area contributed by atoms with Gasteiger partial charge in [0, 0.05) is 30.0 Å². The number of nitrogens with zero attached hydrogens (tertiary/aromatic N) is 1. The number of hydrogen-bond acceptors (Lipinski definition) is 4. The lowest BCUT2D eigenvalue weighted by molar-refractivity contribution is -0.117. The molecule has 1 aliphatic rings. The molecule has 1 atom stereocenters. The number of aliphatic hydroxyl groups is 1. The van der Waals surface area contributed by atoms with E-state index in [1.807, 2.05) is 25.1 Å². The Hall–Kier alpha value is -1.59. The highest BCUT2D eigenvalue weighted by Gasteiger charge is 2.29. The monoisotopic (exact) mass is 277 g/mol. The first-order chi connectivity index (χ1) is 9.35. The molecular weight excluding hydrogens is 254 g/mol. The van der Waals surface area contributed by atoms with E-state index in [0.29, 0.717) is 6.54 Å². The van der Waals surface area contributed by atoms with Crippen LogP contribution in [0.1, 0.15) is 32.4 Å². The molecule has 0 aliphatic carbocycles. The molecular formula is C15H23N3O2. The van der Waals surface area contributed by atoms with E-state index in [0.717, 1.165) is 23.5 Å². The summed E-state index contributed by atoms with van der Waals surface area (Å²) in [7, 11) is 1.78. The number of likely N-dealkylation sites (N-methyl/N-ethyl adjacent to an activating group) is 2. The molecule has 1 amide bonds. The highest BCUT2D eigenvalue weighted by molar-refractivity contribution is 6.03. The molecule has 110 valence electrons. The average Bonchev–Trinajstić information content (AvgIpc) is 2.69. The van der Waals surface area contributed by atoms with Gasteiger partial charge in [-0.05, 0) is 40.0 Å². The van der Waals surface area contributed by atoms with Gasteiger partial charge in [-0.15, -0.1) is 0 Å². The van der Waals surface area contributed by atoms with E-state index in [2.05, 4.69) is 15.5 Å². The maximum atomic E-state index is 11.8. The summed E-state index contributed by atoms with van der Waals surface area (Å²) in [6.07, 6.45) is 0. The second-order valence-corrected chi connectivity index (χ2v) is 5.81. The van der Waals surface area contributed by atoms with Gasteiger partial charge in [0.05, 0.1) is 5.60 Å². The molecule has 2 rings (SSSR count). The van der Waals surface area contributed by atoms with Crippen molar-refractivity contribution in [1.29, 1.82) is 0 Å². The molecule has 0 aromatic heterocycles.